The highest BCUT2D eigenvalue weighted by atomic mass is 35.5. The van der Waals surface area contributed by atoms with Crippen molar-refractivity contribution in [3.05, 3.63) is 28.3 Å². The van der Waals surface area contributed by atoms with Crippen LogP contribution in [0.15, 0.2) is 23.2 Å². The molecule has 0 bridgehead atoms. The number of halogens is 1. The van der Waals surface area contributed by atoms with E-state index in [1.165, 1.54) is 18.2 Å². The Balaban J connectivity index is 3.31. The van der Waals surface area contributed by atoms with E-state index in [2.05, 4.69) is 4.99 Å². The first-order valence-electron chi connectivity index (χ1n) is 3.91. The number of amidine groups is 1. The number of phenolic OH excluding ortho intramolecular Hbond substituents is 1. The number of rotatable bonds is 3. The molecule has 0 saturated carbocycles. The van der Waals surface area contributed by atoms with Gasteiger partial charge in [-0.3, -0.25) is 10.1 Å². The third kappa shape index (κ3) is 2.57. The van der Waals surface area contributed by atoms with E-state index in [1.807, 2.05) is 0 Å². The standard InChI is InChI=1S/C8H8ClN3O3/c9-4-7(10)11-8-5(12(14)15)2-1-3-6(8)13/h1-3,13H,4H2,(H2,10,11). The van der Waals surface area contributed by atoms with Crippen LogP contribution in [0.3, 0.4) is 0 Å². The van der Waals surface area contributed by atoms with Gasteiger partial charge in [-0.25, -0.2) is 4.99 Å². The van der Waals surface area contributed by atoms with Gasteiger partial charge in [0, 0.05) is 6.07 Å². The number of phenols is 1. The third-order valence-corrected chi connectivity index (χ3v) is 1.86. The first-order valence-corrected chi connectivity index (χ1v) is 4.45. The molecule has 0 fully saturated rings. The van der Waals surface area contributed by atoms with E-state index in [-0.39, 0.29) is 28.8 Å². The third-order valence-electron chi connectivity index (χ3n) is 1.58. The fourth-order valence-electron chi connectivity index (χ4n) is 0.955. The molecule has 0 aliphatic carbocycles. The smallest absolute Gasteiger partial charge is 0.298 e. The van der Waals surface area contributed by atoms with Crippen molar-refractivity contribution in [2.24, 2.45) is 10.7 Å². The summed E-state index contributed by atoms with van der Waals surface area (Å²) in [6.07, 6.45) is 0. The second-order valence-corrected chi connectivity index (χ2v) is 2.91. The molecule has 0 unspecified atom stereocenters. The molecule has 0 saturated heterocycles. The molecule has 1 aromatic rings. The quantitative estimate of drug-likeness (QED) is 0.270. The zero-order valence-electron chi connectivity index (χ0n) is 7.55. The molecular weight excluding hydrogens is 222 g/mol. The molecule has 0 atom stereocenters. The lowest BCUT2D eigenvalue weighted by Gasteiger charge is -2.01. The van der Waals surface area contributed by atoms with Gasteiger partial charge in [-0.2, -0.15) is 0 Å². The van der Waals surface area contributed by atoms with Gasteiger partial charge in [0.25, 0.3) is 5.69 Å². The molecule has 0 heterocycles. The van der Waals surface area contributed by atoms with Gasteiger partial charge in [-0.15, -0.1) is 11.6 Å². The molecule has 1 aromatic carbocycles. The van der Waals surface area contributed by atoms with E-state index in [4.69, 9.17) is 17.3 Å². The highest BCUT2D eigenvalue weighted by Gasteiger charge is 2.16. The Morgan fingerprint density at radius 3 is 2.87 bits per heavy atom. The predicted octanol–water partition coefficient (Wildman–Crippen LogP) is 1.53. The van der Waals surface area contributed by atoms with Gasteiger partial charge in [-0.05, 0) is 6.07 Å². The summed E-state index contributed by atoms with van der Waals surface area (Å²) >= 11 is 5.38. The largest absolute Gasteiger partial charge is 0.505 e. The Labute approximate surface area is 90.1 Å². The molecule has 0 amide bonds. The molecule has 0 radical (unpaired) electrons. The summed E-state index contributed by atoms with van der Waals surface area (Å²) in [5.41, 5.74) is 4.83. The van der Waals surface area contributed by atoms with Crippen LogP contribution in [0.4, 0.5) is 11.4 Å². The predicted molar refractivity (Wildman–Crippen MR) is 56.8 cm³/mol. The normalized spacial score (nSPS) is 11.4. The van der Waals surface area contributed by atoms with E-state index < -0.39 is 4.92 Å². The Morgan fingerprint density at radius 1 is 1.67 bits per heavy atom. The maximum Gasteiger partial charge on any atom is 0.298 e. The van der Waals surface area contributed by atoms with Crippen molar-refractivity contribution in [2.75, 3.05) is 5.88 Å². The van der Waals surface area contributed by atoms with Crippen molar-refractivity contribution in [2.45, 2.75) is 0 Å². The van der Waals surface area contributed by atoms with Crippen molar-refractivity contribution in [1.29, 1.82) is 0 Å². The molecule has 0 aliphatic heterocycles. The second kappa shape index (κ2) is 4.61. The number of aliphatic imine (C=N–C) groups is 1. The van der Waals surface area contributed by atoms with Crippen LogP contribution in [0, 0.1) is 10.1 Å². The van der Waals surface area contributed by atoms with Crippen LogP contribution < -0.4 is 5.73 Å². The molecular formula is C8H8ClN3O3. The van der Waals surface area contributed by atoms with E-state index in [0.29, 0.717) is 0 Å². The summed E-state index contributed by atoms with van der Waals surface area (Å²) in [7, 11) is 0. The van der Waals surface area contributed by atoms with Crippen molar-refractivity contribution >= 4 is 28.8 Å². The molecule has 3 N–H and O–H groups in total. The monoisotopic (exact) mass is 229 g/mol. The summed E-state index contributed by atoms with van der Waals surface area (Å²) in [5, 5.41) is 20.0. The van der Waals surface area contributed by atoms with Gasteiger partial charge >= 0.3 is 0 Å². The lowest BCUT2D eigenvalue weighted by molar-refractivity contribution is -0.384. The molecule has 1 rings (SSSR count). The Bertz CT molecular complexity index is 420. The first-order chi connectivity index (χ1) is 7.06. The number of nitrogens with zero attached hydrogens (tertiary/aromatic N) is 2. The van der Waals surface area contributed by atoms with Crippen LogP contribution in [0.2, 0.25) is 0 Å². The molecule has 7 heteroatoms. The van der Waals surface area contributed by atoms with Crippen LogP contribution >= 0.6 is 11.6 Å². The van der Waals surface area contributed by atoms with Crippen molar-refractivity contribution in [1.82, 2.24) is 0 Å². The average Bonchev–Trinajstić information content (AvgIpc) is 2.20. The number of benzene rings is 1. The molecule has 6 nitrogen and oxygen atoms in total. The fraction of sp³-hybridized carbons (Fsp3) is 0.125. The SMILES string of the molecule is NC(CCl)=Nc1c(O)cccc1[N+](=O)[O-]. The molecule has 0 spiro atoms. The maximum atomic E-state index is 10.6. The van der Waals surface area contributed by atoms with Gasteiger partial charge in [-0.1, -0.05) is 6.07 Å². The maximum absolute atomic E-state index is 10.6. The fourth-order valence-corrected chi connectivity index (χ4v) is 1.01. The first kappa shape index (κ1) is 11.3. The average molecular weight is 230 g/mol. The van der Waals surface area contributed by atoms with E-state index in [0.717, 1.165) is 0 Å². The van der Waals surface area contributed by atoms with E-state index in [1.54, 1.807) is 0 Å². The minimum absolute atomic E-state index is 0.00117. The van der Waals surface area contributed by atoms with Crippen LogP contribution in [0.25, 0.3) is 0 Å². The lowest BCUT2D eigenvalue weighted by Crippen LogP contribution is -2.12. The lowest BCUT2D eigenvalue weighted by atomic mass is 10.2. The summed E-state index contributed by atoms with van der Waals surface area (Å²) in [6.45, 7) is 0. The van der Waals surface area contributed by atoms with Crippen LogP contribution in [0.5, 0.6) is 5.75 Å². The van der Waals surface area contributed by atoms with Crippen molar-refractivity contribution in [3.8, 4) is 5.75 Å². The Hall–Kier alpha value is -1.82. The zero-order valence-corrected chi connectivity index (χ0v) is 8.31. The van der Waals surface area contributed by atoms with Crippen LogP contribution in [-0.4, -0.2) is 21.7 Å². The number of nitro benzene ring substituents is 1. The van der Waals surface area contributed by atoms with Crippen molar-refractivity contribution < 1.29 is 10.0 Å². The highest BCUT2D eigenvalue weighted by molar-refractivity contribution is 6.28. The van der Waals surface area contributed by atoms with Crippen molar-refractivity contribution in [3.63, 3.8) is 0 Å². The number of hydrogen-bond donors (Lipinski definition) is 2. The van der Waals surface area contributed by atoms with E-state index >= 15 is 0 Å². The van der Waals surface area contributed by atoms with Gasteiger partial charge < -0.3 is 10.8 Å². The zero-order chi connectivity index (χ0) is 11.4. The summed E-state index contributed by atoms with van der Waals surface area (Å²) in [6, 6.07) is 3.86. The number of nitro groups is 1. The number of hydrogen-bond acceptors (Lipinski definition) is 4. The molecule has 15 heavy (non-hydrogen) atoms. The summed E-state index contributed by atoms with van der Waals surface area (Å²) < 4.78 is 0. The van der Waals surface area contributed by atoms with Gasteiger partial charge in [0.1, 0.15) is 11.6 Å². The van der Waals surface area contributed by atoms with Gasteiger partial charge in [0.05, 0.1) is 10.8 Å². The number of nitrogens with two attached hydrogens (primary N) is 1. The van der Waals surface area contributed by atoms with Crippen LogP contribution in [-0.2, 0) is 0 Å². The summed E-state index contributed by atoms with van der Waals surface area (Å²) in [5.74, 6) is -0.371. The molecule has 80 valence electrons. The molecule has 0 aromatic heterocycles. The Morgan fingerprint density at radius 2 is 2.33 bits per heavy atom. The van der Waals surface area contributed by atoms with Crippen LogP contribution in [0.1, 0.15) is 0 Å². The second-order valence-electron chi connectivity index (χ2n) is 2.64. The number of aromatic hydroxyl groups is 1. The number of alkyl halides is 1. The topological polar surface area (TPSA) is 102 Å². The highest BCUT2D eigenvalue weighted by Crippen LogP contribution is 2.35. The minimum atomic E-state index is -0.653. The van der Waals surface area contributed by atoms with E-state index in [9.17, 15) is 15.2 Å². The van der Waals surface area contributed by atoms with Gasteiger partial charge in [0.2, 0.25) is 0 Å². The summed E-state index contributed by atoms with van der Waals surface area (Å²) in [4.78, 5) is 13.6. The van der Waals surface area contributed by atoms with Gasteiger partial charge in [0.15, 0.2) is 5.69 Å². The minimum Gasteiger partial charge on any atom is -0.505 e. The Kier molecular flexibility index (Phi) is 3.46. The number of para-hydroxylation sites is 1. The molecule has 0 aliphatic rings.